The minimum atomic E-state index is -0.135. The summed E-state index contributed by atoms with van der Waals surface area (Å²) in [6, 6.07) is 13.5. The summed E-state index contributed by atoms with van der Waals surface area (Å²) in [6.45, 7) is 7.76. The van der Waals surface area contributed by atoms with E-state index in [1.165, 1.54) is 0 Å². The molecule has 2 heterocycles. The third-order valence-corrected chi connectivity index (χ3v) is 5.29. The highest BCUT2D eigenvalue weighted by molar-refractivity contribution is 7.71. The zero-order valence-corrected chi connectivity index (χ0v) is 18.0. The van der Waals surface area contributed by atoms with Gasteiger partial charge in [0, 0.05) is 0 Å². The van der Waals surface area contributed by atoms with Crippen molar-refractivity contribution in [1.82, 2.24) is 34.7 Å². The third-order valence-electron chi connectivity index (χ3n) is 4.91. The molecule has 4 aromatic rings. The van der Waals surface area contributed by atoms with E-state index >= 15 is 0 Å². The molecule has 2 aromatic carbocycles. The number of hydrogen-bond acceptors (Lipinski definition) is 6. The van der Waals surface area contributed by atoms with Crippen LogP contribution in [0, 0.1) is 18.6 Å². The highest BCUT2D eigenvalue weighted by Crippen LogP contribution is 2.13. The fourth-order valence-corrected chi connectivity index (χ4v) is 3.71. The number of tetrazole rings is 1. The Bertz CT molecular complexity index is 1300. The van der Waals surface area contributed by atoms with Crippen molar-refractivity contribution in [2.24, 2.45) is 0 Å². The summed E-state index contributed by atoms with van der Waals surface area (Å²) in [4.78, 5) is 21.9. The average molecular weight is 422 g/mol. The van der Waals surface area contributed by atoms with Crippen LogP contribution in [0.25, 0.3) is 16.6 Å². The molecule has 0 unspecified atom stereocenters. The second-order valence-electron chi connectivity index (χ2n) is 7.34. The molecule has 154 valence electrons. The molecule has 0 fully saturated rings. The van der Waals surface area contributed by atoms with Gasteiger partial charge in [-0.15, -0.1) is 0 Å². The molecule has 2 aromatic heterocycles. The predicted octanol–water partition coefficient (Wildman–Crippen LogP) is 3.13. The van der Waals surface area contributed by atoms with E-state index in [0.29, 0.717) is 34.7 Å². The first kappa shape index (κ1) is 20.1. The lowest BCUT2D eigenvalue weighted by Gasteiger charge is -2.19. The number of benzene rings is 2. The van der Waals surface area contributed by atoms with Crippen LogP contribution in [-0.2, 0) is 13.2 Å². The Kier molecular flexibility index (Phi) is 5.56. The number of H-pyrrole nitrogens is 1. The molecule has 0 amide bonds. The summed E-state index contributed by atoms with van der Waals surface area (Å²) in [7, 11) is 0. The Morgan fingerprint density at radius 2 is 1.83 bits per heavy atom. The smallest absolute Gasteiger partial charge is 0.258 e. The second-order valence-corrected chi connectivity index (χ2v) is 7.70. The van der Waals surface area contributed by atoms with Gasteiger partial charge in [-0.2, -0.15) is 4.68 Å². The number of nitrogens with one attached hydrogen (secondary N) is 1. The van der Waals surface area contributed by atoms with Crippen molar-refractivity contribution >= 4 is 23.1 Å². The van der Waals surface area contributed by atoms with E-state index in [1.807, 2.05) is 51.1 Å². The number of fused-ring (bicyclic) bond motifs is 1. The molecule has 0 aliphatic carbocycles. The van der Waals surface area contributed by atoms with Gasteiger partial charge in [0.15, 0.2) is 0 Å². The van der Waals surface area contributed by atoms with E-state index in [0.717, 1.165) is 23.4 Å². The van der Waals surface area contributed by atoms with Gasteiger partial charge in [0.1, 0.15) is 5.82 Å². The molecule has 4 rings (SSSR count). The highest BCUT2D eigenvalue weighted by Gasteiger charge is 2.12. The normalized spacial score (nSPS) is 11.5. The lowest BCUT2D eigenvalue weighted by Crippen LogP contribution is -2.28. The molecule has 0 aliphatic heterocycles. The van der Waals surface area contributed by atoms with Gasteiger partial charge < -0.3 is 4.98 Å². The van der Waals surface area contributed by atoms with Crippen LogP contribution in [0.4, 0.5) is 0 Å². The van der Waals surface area contributed by atoms with E-state index in [9.17, 15) is 4.79 Å². The highest BCUT2D eigenvalue weighted by atomic mass is 32.1. The predicted molar refractivity (Wildman–Crippen MR) is 118 cm³/mol. The number of aromatic amines is 1. The monoisotopic (exact) mass is 421 g/mol. The molecule has 0 spiro atoms. The molecule has 0 bridgehead atoms. The summed E-state index contributed by atoms with van der Waals surface area (Å²) >= 11 is 5.61. The number of hydrogen-bond donors (Lipinski definition) is 1. The van der Waals surface area contributed by atoms with Crippen LogP contribution in [0.5, 0.6) is 0 Å². The molecule has 0 radical (unpaired) electrons. The molecule has 0 saturated heterocycles. The standard InChI is InChI=1S/C21H23N7OS/c1-4-26(12-19-22-18-8-6-5-7-17(18)20(29)23-19)13-27-21(30)28(25-24-27)16-10-14(2)9-15(3)11-16/h5-11H,4,12-13H2,1-3H3,(H,22,23,29). The number of nitrogens with zero attached hydrogens (tertiary/aromatic N) is 6. The third kappa shape index (κ3) is 4.07. The summed E-state index contributed by atoms with van der Waals surface area (Å²) in [5, 5.41) is 9.07. The molecule has 0 saturated carbocycles. The Balaban J connectivity index is 1.58. The van der Waals surface area contributed by atoms with Crippen LogP contribution < -0.4 is 5.56 Å². The van der Waals surface area contributed by atoms with Gasteiger partial charge in [0.25, 0.3) is 5.56 Å². The lowest BCUT2D eigenvalue weighted by molar-refractivity contribution is 0.201. The average Bonchev–Trinajstić information content (AvgIpc) is 3.07. The van der Waals surface area contributed by atoms with Crippen molar-refractivity contribution in [1.29, 1.82) is 0 Å². The Hall–Kier alpha value is -3.17. The van der Waals surface area contributed by atoms with E-state index in [1.54, 1.807) is 15.4 Å². The molecule has 30 heavy (non-hydrogen) atoms. The molecule has 1 N–H and O–H groups in total. The van der Waals surface area contributed by atoms with Crippen molar-refractivity contribution in [2.45, 2.75) is 34.0 Å². The largest absolute Gasteiger partial charge is 0.309 e. The number of rotatable bonds is 6. The van der Waals surface area contributed by atoms with E-state index in [4.69, 9.17) is 12.2 Å². The molecule has 0 aliphatic rings. The molecule has 0 atom stereocenters. The summed E-state index contributed by atoms with van der Waals surface area (Å²) in [6.07, 6.45) is 0. The Morgan fingerprint density at radius 1 is 1.10 bits per heavy atom. The quantitative estimate of drug-likeness (QED) is 0.482. The molecule has 8 nitrogen and oxygen atoms in total. The summed E-state index contributed by atoms with van der Waals surface area (Å²) in [5.41, 5.74) is 3.73. The Morgan fingerprint density at radius 3 is 2.57 bits per heavy atom. The minimum absolute atomic E-state index is 0.135. The van der Waals surface area contributed by atoms with E-state index in [2.05, 4.69) is 31.4 Å². The zero-order valence-electron chi connectivity index (χ0n) is 17.2. The lowest BCUT2D eigenvalue weighted by atomic mass is 10.1. The molecular formula is C21H23N7OS. The summed E-state index contributed by atoms with van der Waals surface area (Å²) in [5.74, 6) is 0.605. The van der Waals surface area contributed by atoms with Crippen LogP contribution in [0.3, 0.4) is 0 Å². The fraction of sp³-hybridized carbons (Fsp3) is 0.286. The van der Waals surface area contributed by atoms with Crippen LogP contribution in [-0.4, -0.2) is 41.2 Å². The number of para-hydroxylation sites is 1. The van der Waals surface area contributed by atoms with Crippen molar-refractivity contribution in [3.05, 3.63) is 74.5 Å². The first-order chi connectivity index (χ1) is 14.4. The van der Waals surface area contributed by atoms with Crippen LogP contribution in [0.15, 0.2) is 47.3 Å². The van der Waals surface area contributed by atoms with Gasteiger partial charge in [0.05, 0.1) is 29.8 Å². The maximum absolute atomic E-state index is 12.3. The van der Waals surface area contributed by atoms with Crippen LogP contribution in [0.2, 0.25) is 0 Å². The van der Waals surface area contributed by atoms with Gasteiger partial charge in [-0.05, 0) is 78.4 Å². The maximum Gasteiger partial charge on any atom is 0.258 e. The topological polar surface area (TPSA) is 84.6 Å². The Labute approximate surface area is 178 Å². The number of aryl methyl sites for hydroxylation is 2. The maximum atomic E-state index is 12.3. The summed E-state index contributed by atoms with van der Waals surface area (Å²) < 4.78 is 3.85. The van der Waals surface area contributed by atoms with Crippen molar-refractivity contribution in [3.63, 3.8) is 0 Å². The van der Waals surface area contributed by atoms with Gasteiger partial charge >= 0.3 is 0 Å². The van der Waals surface area contributed by atoms with Gasteiger partial charge in [0.2, 0.25) is 4.77 Å². The van der Waals surface area contributed by atoms with E-state index < -0.39 is 0 Å². The zero-order chi connectivity index (χ0) is 21.3. The molecular weight excluding hydrogens is 398 g/mol. The molecule has 9 heteroatoms. The number of aromatic nitrogens is 6. The van der Waals surface area contributed by atoms with E-state index in [-0.39, 0.29) is 5.56 Å². The SMILES string of the molecule is CCN(Cc1nc2ccccc2c(=O)[nH]1)Cn1nnn(-c2cc(C)cc(C)c2)c1=S. The first-order valence-electron chi connectivity index (χ1n) is 9.76. The van der Waals surface area contributed by atoms with Crippen molar-refractivity contribution in [3.8, 4) is 5.69 Å². The van der Waals surface area contributed by atoms with Crippen LogP contribution in [0.1, 0.15) is 23.9 Å². The van der Waals surface area contributed by atoms with Gasteiger partial charge in [-0.3, -0.25) is 9.69 Å². The van der Waals surface area contributed by atoms with Gasteiger partial charge in [-0.25, -0.2) is 9.67 Å². The fourth-order valence-electron chi connectivity index (χ4n) is 3.47. The first-order valence-corrected chi connectivity index (χ1v) is 10.2. The van der Waals surface area contributed by atoms with Crippen LogP contribution >= 0.6 is 12.2 Å². The minimum Gasteiger partial charge on any atom is -0.309 e. The van der Waals surface area contributed by atoms with Crippen molar-refractivity contribution in [2.75, 3.05) is 6.54 Å². The van der Waals surface area contributed by atoms with Gasteiger partial charge in [-0.1, -0.05) is 25.1 Å². The second kappa shape index (κ2) is 8.29. The van der Waals surface area contributed by atoms with Crippen molar-refractivity contribution < 1.29 is 0 Å².